The minimum absolute atomic E-state index is 0.994. The van der Waals surface area contributed by atoms with Crippen LogP contribution in [0.4, 0.5) is 5.69 Å². The van der Waals surface area contributed by atoms with Gasteiger partial charge in [0.25, 0.3) is 0 Å². The normalized spacial score (nSPS) is 13.6. The fraction of sp³-hybridized carbons (Fsp3) is 0.333. The average Bonchev–Trinajstić information content (AvgIpc) is 2.49. The highest BCUT2D eigenvalue weighted by Crippen LogP contribution is 2.36. The molecule has 0 radical (unpaired) electrons. The molecule has 1 aliphatic rings. The SMILES string of the molecule is COc1c(-c2ccc3c(c2)CCCN3)ccc(C)c1C. The highest BCUT2D eigenvalue weighted by molar-refractivity contribution is 5.75. The van der Waals surface area contributed by atoms with Gasteiger partial charge in [-0.05, 0) is 61.1 Å². The van der Waals surface area contributed by atoms with E-state index < -0.39 is 0 Å². The van der Waals surface area contributed by atoms with E-state index in [0.717, 1.165) is 18.7 Å². The minimum Gasteiger partial charge on any atom is -0.496 e. The second kappa shape index (κ2) is 5.20. The Kier molecular flexibility index (Phi) is 3.39. The van der Waals surface area contributed by atoms with E-state index in [1.54, 1.807) is 7.11 Å². The van der Waals surface area contributed by atoms with E-state index in [1.807, 2.05) is 0 Å². The molecule has 0 aliphatic carbocycles. The van der Waals surface area contributed by atoms with E-state index >= 15 is 0 Å². The summed E-state index contributed by atoms with van der Waals surface area (Å²) < 4.78 is 5.64. The van der Waals surface area contributed by atoms with E-state index in [1.165, 1.54) is 39.9 Å². The van der Waals surface area contributed by atoms with Crippen molar-refractivity contribution in [1.29, 1.82) is 0 Å². The molecule has 1 aliphatic heterocycles. The lowest BCUT2D eigenvalue weighted by molar-refractivity contribution is 0.413. The second-order valence-corrected chi connectivity index (χ2v) is 5.49. The van der Waals surface area contributed by atoms with Crippen LogP contribution >= 0.6 is 0 Å². The molecule has 3 rings (SSSR count). The van der Waals surface area contributed by atoms with Crippen molar-refractivity contribution in [3.8, 4) is 16.9 Å². The molecule has 0 spiro atoms. The molecule has 1 N–H and O–H groups in total. The second-order valence-electron chi connectivity index (χ2n) is 5.49. The first-order chi connectivity index (χ1) is 9.70. The molecule has 0 amide bonds. The zero-order valence-corrected chi connectivity index (χ0v) is 12.4. The molecule has 0 aromatic heterocycles. The molecule has 20 heavy (non-hydrogen) atoms. The van der Waals surface area contributed by atoms with Gasteiger partial charge >= 0.3 is 0 Å². The number of benzene rings is 2. The third kappa shape index (κ3) is 2.15. The monoisotopic (exact) mass is 267 g/mol. The van der Waals surface area contributed by atoms with E-state index in [-0.39, 0.29) is 0 Å². The molecule has 0 fully saturated rings. The Labute approximate surface area is 120 Å². The zero-order valence-electron chi connectivity index (χ0n) is 12.4. The number of methoxy groups -OCH3 is 1. The Morgan fingerprint density at radius 2 is 1.95 bits per heavy atom. The molecule has 2 aromatic rings. The van der Waals surface area contributed by atoms with Crippen LogP contribution in [0.25, 0.3) is 11.1 Å². The van der Waals surface area contributed by atoms with Crippen LogP contribution < -0.4 is 10.1 Å². The summed E-state index contributed by atoms with van der Waals surface area (Å²) >= 11 is 0. The Hall–Kier alpha value is -1.96. The van der Waals surface area contributed by atoms with E-state index in [4.69, 9.17) is 4.74 Å². The number of nitrogens with one attached hydrogen (secondary N) is 1. The summed E-state index contributed by atoms with van der Waals surface area (Å²) in [5.74, 6) is 0.994. The van der Waals surface area contributed by atoms with Crippen molar-refractivity contribution in [2.24, 2.45) is 0 Å². The maximum atomic E-state index is 5.64. The van der Waals surface area contributed by atoms with Gasteiger partial charge in [-0.25, -0.2) is 0 Å². The lowest BCUT2D eigenvalue weighted by Gasteiger charge is -2.20. The highest BCUT2D eigenvalue weighted by atomic mass is 16.5. The van der Waals surface area contributed by atoms with E-state index in [9.17, 15) is 0 Å². The van der Waals surface area contributed by atoms with E-state index in [2.05, 4.69) is 49.5 Å². The van der Waals surface area contributed by atoms with Gasteiger partial charge in [-0.15, -0.1) is 0 Å². The molecule has 0 saturated heterocycles. The van der Waals surface area contributed by atoms with Crippen LogP contribution in [-0.4, -0.2) is 13.7 Å². The topological polar surface area (TPSA) is 21.3 Å². The summed E-state index contributed by atoms with van der Waals surface area (Å²) in [6.07, 6.45) is 2.36. The van der Waals surface area contributed by atoms with Crippen molar-refractivity contribution in [1.82, 2.24) is 0 Å². The maximum absolute atomic E-state index is 5.64. The van der Waals surface area contributed by atoms with Crippen LogP contribution in [0.3, 0.4) is 0 Å². The maximum Gasteiger partial charge on any atom is 0.129 e. The summed E-state index contributed by atoms with van der Waals surface area (Å²) in [5, 5.41) is 3.46. The quantitative estimate of drug-likeness (QED) is 0.874. The summed E-state index contributed by atoms with van der Waals surface area (Å²) in [7, 11) is 1.76. The summed E-state index contributed by atoms with van der Waals surface area (Å²) in [6.45, 7) is 5.33. The standard InChI is InChI=1S/C18H21NO/c1-12-6-8-16(18(20-3)13(12)2)14-7-9-17-15(11-14)5-4-10-19-17/h6-9,11,19H,4-5,10H2,1-3H3. The van der Waals surface area contributed by atoms with Crippen LogP contribution in [0.5, 0.6) is 5.75 Å². The first kappa shape index (κ1) is 13.0. The number of anilines is 1. The van der Waals surface area contributed by atoms with Crippen molar-refractivity contribution in [3.05, 3.63) is 47.0 Å². The van der Waals surface area contributed by atoms with Crippen molar-refractivity contribution in [3.63, 3.8) is 0 Å². The molecule has 0 unspecified atom stereocenters. The van der Waals surface area contributed by atoms with Gasteiger partial charge < -0.3 is 10.1 Å². The Balaban J connectivity index is 2.11. The van der Waals surface area contributed by atoms with Crippen molar-refractivity contribution >= 4 is 5.69 Å². The highest BCUT2D eigenvalue weighted by Gasteiger charge is 2.14. The third-order valence-electron chi connectivity index (χ3n) is 4.24. The molecule has 0 atom stereocenters. The number of rotatable bonds is 2. The number of aryl methyl sites for hydroxylation is 2. The Morgan fingerprint density at radius 3 is 2.75 bits per heavy atom. The third-order valence-corrected chi connectivity index (χ3v) is 4.24. The van der Waals surface area contributed by atoms with Crippen LogP contribution in [0.1, 0.15) is 23.1 Å². The van der Waals surface area contributed by atoms with Gasteiger partial charge in [0.05, 0.1) is 7.11 Å². The van der Waals surface area contributed by atoms with Gasteiger partial charge in [-0.2, -0.15) is 0 Å². The first-order valence-electron chi connectivity index (χ1n) is 7.22. The molecule has 0 bridgehead atoms. The molecular weight excluding hydrogens is 246 g/mol. The predicted octanol–water partition coefficient (Wildman–Crippen LogP) is 4.34. The number of hydrogen-bond acceptors (Lipinski definition) is 2. The Bertz CT molecular complexity index is 646. The Morgan fingerprint density at radius 1 is 1.10 bits per heavy atom. The number of fused-ring (bicyclic) bond motifs is 1. The minimum atomic E-state index is 0.994. The summed E-state index contributed by atoms with van der Waals surface area (Å²) in [6, 6.07) is 11.0. The fourth-order valence-electron chi connectivity index (χ4n) is 2.92. The van der Waals surface area contributed by atoms with Crippen LogP contribution in [-0.2, 0) is 6.42 Å². The van der Waals surface area contributed by atoms with Gasteiger partial charge in [0, 0.05) is 17.8 Å². The number of ether oxygens (including phenoxy) is 1. The van der Waals surface area contributed by atoms with Crippen molar-refractivity contribution in [2.45, 2.75) is 26.7 Å². The van der Waals surface area contributed by atoms with Gasteiger partial charge in [0.15, 0.2) is 0 Å². The van der Waals surface area contributed by atoms with Gasteiger partial charge in [0.2, 0.25) is 0 Å². The molecule has 2 heteroatoms. The smallest absolute Gasteiger partial charge is 0.129 e. The van der Waals surface area contributed by atoms with Crippen molar-refractivity contribution < 1.29 is 4.74 Å². The predicted molar refractivity (Wildman–Crippen MR) is 84.7 cm³/mol. The zero-order chi connectivity index (χ0) is 14.1. The molecule has 0 saturated carbocycles. The van der Waals surface area contributed by atoms with Crippen LogP contribution in [0, 0.1) is 13.8 Å². The fourth-order valence-corrected chi connectivity index (χ4v) is 2.92. The average molecular weight is 267 g/mol. The van der Waals surface area contributed by atoms with Gasteiger partial charge in [0.1, 0.15) is 5.75 Å². The molecule has 2 nitrogen and oxygen atoms in total. The van der Waals surface area contributed by atoms with Gasteiger partial charge in [-0.1, -0.05) is 18.2 Å². The molecular formula is C18H21NO. The molecule has 104 valence electrons. The first-order valence-corrected chi connectivity index (χ1v) is 7.22. The molecule has 1 heterocycles. The van der Waals surface area contributed by atoms with Crippen LogP contribution in [0.15, 0.2) is 30.3 Å². The van der Waals surface area contributed by atoms with Crippen molar-refractivity contribution in [2.75, 3.05) is 19.0 Å². The largest absolute Gasteiger partial charge is 0.496 e. The van der Waals surface area contributed by atoms with Crippen LogP contribution in [0.2, 0.25) is 0 Å². The van der Waals surface area contributed by atoms with Gasteiger partial charge in [-0.3, -0.25) is 0 Å². The summed E-state index contributed by atoms with van der Waals surface area (Å²) in [4.78, 5) is 0. The lowest BCUT2D eigenvalue weighted by Crippen LogP contribution is -2.11. The molecule has 2 aromatic carbocycles. The summed E-state index contributed by atoms with van der Waals surface area (Å²) in [5.41, 5.74) is 7.61. The lowest BCUT2D eigenvalue weighted by atomic mass is 9.94. The number of hydrogen-bond donors (Lipinski definition) is 1. The van der Waals surface area contributed by atoms with E-state index in [0.29, 0.717) is 0 Å².